The zero-order valence-corrected chi connectivity index (χ0v) is 16.2. The second-order valence-electron chi connectivity index (χ2n) is 5.94. The van der Waals surface area contributed by atoms with Crippen molar-refractivity contribution >= 4 is 11.6 Å². The second kappa shape index (κ2) is 7.95. The molecule has 2 aromatic rings. The molecule has 144 valence electrons. The summed E-state index contributed by atoms with van der Waals surface area (Å²) < 4.78 is 27.8. The zero-order valence-electron chi connectivity index (χ0n) is 15.4. The lowest BCUT2D eigenvalue weighted by Crippen LogP contribution is -2.30. The van der Waals surface area contributed by atoms with E-state index < -0.39 is 18.0 Å². The van der Waals surface area contributed by atoms with E-state index >= 15 is 0 Å². The summed E-state index contributed by atoms with van der Waals surface area (Å²) >= 11 is 5.92. The highest BCUT2D eigenvalue weighted by Gasteiger charge is 2.53. The number of rotatable bonds is 5. The van der Waals surface area contributed by atoms with Crippen LogP contribution in [0.1, 0.15) is 23.5 Å². The minimum atomic E-state index is -1.85. The van der Waals surface area contributed by atoms with Crippen molar-refractivity contribution in [3.63, 3.8) is 0 Å². The predicted octanol–water partition coefficient (Wildman–Crippen LogP) is 3.94. The van der Waals surface area contributed by atoms with Crippen LogP contribution in [0.15, 0.2) is 36.4 Å². The molecule has 0 saturated carbocycles. The Labute approximate surface area is 167 Å². The van der Waals surface area contributed by atoms with Crippen LogP contribution in [0.4, 0.5) is 0 Å². The Morgan fingerprint density at radius 1 is 0.929 bits per heavy atom. The Bertz CT molecular complexity index is 910. The van der Waals surface area contributed by atoms with Crippen LogP contribution >= 0.6 is 11.6 Å². The van der Waals surface area contributed by atoms with Gasteiger partial charge in [-0.2, -0.15) is 10.5 Å². The number of nitrogens with zero attached hydrogens (tertiary/aromatic N) is 2. The predicted molar refractivity (Wildman–Crippen MR) is 99.2 cm³/mol. The van der Waals surface area contributed by atoms with Crippen molar-refractivity contribution in [1.82, 2.24) is 0 Å². The summed E-state index contributed by atoms with van der Waals surface area (Å²) in [6, 6.07) is 13.9. The maximum atomic E-state index is 9.73. The van der Waals surface area contributed by atoms with E-state index in [0.29, 0.717) is 33.4 Å². The summed E-state index contributed by atoms with van der Waals surface area (Å²) in [5, 5.41) is 20.0. The monoisotopic (exact) mass is 400 g/mol. The minimum Gasteiger partial charge on any atom is -0.493 e. The van der Waals surface area contributed by atoms with Gasteiger partial charge in [0.1, 0.15) is 18.2 Å². The Morgan fingerprint density at radius 3 is 1.96 bits per heavy atom. The van der Waals surface area contributed by atoms with Crippen LogP contribution in [-0.2, 0) is 9.47 Å². The smallest absolute Gasteiger partial charge is 0.274 e. The van der Waals surface area contributed by atoms with E-state index in [1.54, 1.807) is 36.4 Å². The van der Waals surface area contributed by atoms with Crippen molar-refractivity contribution in [3.05, 3.63) is 52.5 Å². The highest BCUT2D eigenvalue weighted by atomic mass is 35.5. The van der Waals surface area contributed by atoms with Crippen LogP contribution in [0.2, 0.25) is 5.02 Å². The first-order valence-electron chi connectivity index (χ1n) is 8.23. The van der Waals surface area contributed by atoms with Crippen LogP contribution in [-0.4, -0.2) is 26.9 Å². The molecule has 1 aliphatic rings. The van der Waals surface area contributed by atoms with Crippen molar-refractivity contribution in [1.29, 1.82) is 10.5 Å². The van der Waals surface area contributed by atoms with E-state index in [1.165, 1.54) is 21.3 Å². The van der Waals surface area contributed by atoms with Crippen molar-refractivity contribution in [2.75, 3.05) is 21.3 Å². The molecule has 0 unspecified atom stereocenters. The number of hydrogen-bond donors (Lipinski definition) is 0. The van der Waals surface area contributed by atoms with Gasteiger partial charge in [-0.15, -0.1) is 0 Å². The number of methoxy groups -OCH3 is 3. The lowest BCUT2D eigenvalue weighted by atomic mass is 9.93. The standard InChI is InChI=1S/C20H17ClN2O5/c1-24-15-8-13(9-16(25-2)17(15)26-3)18-20(10-22,11-23)28-19(27-18)12-4-6-14(21)7-5-12/h4-9,18-19H,1-3H3/t18-,19-/m0/s1. The van der Waals surface area contributed by atoms with Gasteiger partial charge < -0.3 is 23.7 Å². The third-order valence-corrected chi connectivity index (χ3v) is 4.64. The number of nitriles is 2. The first kappa shape index (κ1) is 19.8. The lowest BCUT2D eigenvalue weighted by Gasteiger charge is -2.20. The lowest BCUT2D eigenvalue weighted by molar-refractivity contribution is -0.0718. The fourth-order valence-electron chi connectivity index (χ4n) is 3.01. The van der Waals surface area contributed by atoms with Gasteiger partial charge in [0, 0.05) is 10.6 Å². The van der Waals surface area contributed by atoms with Crippen LogP contribution < -0.4 is 14.2 Å². The van der Waals surface area contributed by atoms with Gasteiger partial charge in [0.05, 0.1) is 21.3 Å². The van der Waals surface area contributed by atoms with Gasteiger partial charge >= 0.3 is 0 Å². The van der Waals surface area contributed by atoms with E-state index in [1.807, 2.05) is 12.1 Å². The molecule has 28 heavy (non-hydrogen) atoms. The molecule has 7 nitrogen and oxygen atoms in total. The maximum Gasteiger partial charge on any atom is 0.274 e. The molecule has 1 heterocycles. The number of ether oxygens (including phenoxy) is 5. The molecular weight excluding hydrogens is 384 g/mol. The van der Waals surface area contributed by atoms with E-state index in [4.69, 9.17) is 35.3 Å². The summed E-state index contributed by atoms with van der Waals surface area (Å²) in [5.41, 5.74) is -0.738. The highest BCUT2D eigenvalue weighted by Crippen LogP contribution is 2.49. The summed E-state index contributed by atoms with van der Waals surface area (Å²) in [6.45, 7) is 0. The fraction of sp³-hybridized carbons (Fsp3) is 0.300. The number of halogens is 1. The third kappa shape index (κ3) is 3.32. The molecule has 0 aromatic heterocycles. The van der Waals surface area contributed by atoms with Crippen molar-refractivity contribution in [2.45, 2.75) is 18.0 Å². The molecule has 2 aromatic carbocycles. The molecule has 1 aliphatic heterocycles. The summed E-state index contributed by atoms with van der Waals surface area (Å²) in [5.74, 6) is 1.14. The summed E-state index contributed by atoms with van der Waals surface area (Å²) in [7, 11) is 4.44. The largest absolute Gasteiger partial charge is 0.493 e. The van der Waals surface area contributed by atoms with E-state index in [0.717, 1.165) is 0 Å². The fourth-order valence-corrected chi connectivity index (χ4v) is 3.13. The Hall–Kier alpha value is -2.97. The van der Waals surface area contributed by atoms with Crippen LogP contribution in [0.3, 0.4) is 0 Å². The van der Waals surface area contributed by atoms with E-state index in [-0.39, 0.29) is 0 Å². The normalized spacial score (nSPS) is 20.1. The first-order chi connectivity index (χ1) is 13.5. The summed E-state index contributed by atoms with van der Waals surface area (Å²) in [4.78, 5) is 0. The van der Waals surface area contributed by atoms with Gasteiger partial charge in [-0.3, -0.25) is 0 Å². The molecular formula is C20H17ClN2O5. The third-order valence-electron chi connectivity index (χ3n) is 4.39. The molecule has 2 atom stereocenters. The molecule has 1 fully saturated rings. The van der Waals surface area contributed by atoms with Gasteiger partial charge in [-0.25, -0.2) is 0 Å². The summed E-state index contributed by atoms with van der Waals surface area (Å²) in [6.07, 6.45) is -1.92. The molecule has 0 N–H and O–H groups in total. The van der Waals surface area contributed by atoms with Gasteiger partial charge in [-0.1, -0.05) is 23.7 Å². The van der Waals surface area contributed by atoms with Gasteiger partial charge in [-0.05, 0) is 29.8 Å². The molecule has 0 amide bonds. The number of benzene rings is 2. The Kier molecular flexibility index (Phi) is 5.62. The van der Waals surface area contributed by atoms with Gasteiger partial charge in [0.2, 0.25) is 5.75 Å². The van der Waals surface area contributed by atoms with Gasteiger partial charge in [0.15, 0.2) is 17.8 Å². The molecule has 0 aliphatic carbocycles. The molecule has 8 heteroatoms. The topological polar surface area (TPSA) is 93.7 Å². The SMILES string of the molecule is COc1cc([C@@H]2O[C@H](c3ccc(Cl)cc3)OC2(C#N)C#N)cc(OC)c1OC. The highest BCUT2D eigenvalue weighted by molar-refractivity contribution is 6.30. The van der Waals surface area contributed by atoms with Crippen molar-refractivity contribution < 1.29 is 23.7 Å². The van der Waals surface area contributed by atoms with Crippen molar-refractivity contribution in [2.24, 2.45) is 0 Å². The van der Waals surface area contributed by atoms with Crippen LogP contribution in [0, 0.1) is 22.7 Å². The average Bonchev–Trinajstić information content (AvgIpc) is 3.13. The quantitative estimate of drug-likeness (QED) is 0.750. The van der Waals surface area contributed by atoms with E-state index in [9.17, 15) is 10.5 Å². The first-order valence-corrected chi connectivity index (χ1v) is 8.60. The molecule has 0 spiro atoms. The van der Waals surface area contributed by atoms with Crippen molar-refractivity contribution in [3.8, 4) is 29.4 Å². The van der Waals surface area contributed by atoms with Gasteiger partial charge in [0.25, 0.3) is 5.60 Å². The Balaban J connectivity index is 2.07. The van der Waals surface area contributed by atoms with Crippen LogP contribution in [0.5, 0.6) is 17.2 Å². The average molecular weight is 401 g/mol. The zero-order chi connectivity index (χ0) is 20.3. The van der Waals surface area contributed by atoms with Crippen LogP contribution in [0.25, 0.3) is 0 Å². The van der Waals surface area contributed by atoms with E-state index in [2.05, 4.69) is 0 Å². The minimum absolute atomic E-state index is 0.375. The Morgan fingerprint density at radius 2 is 1.50 bits per heavy atom. The molecule has 0 bridgehead atoms. The molecule has 3 rings (SSSR count). The maximum absolute atomic E-state index is 9.73. The molecule has 1 saturated heterocycles. The molecule has 0 radical (unpaired) electrons. The number of hydrogen-bond acceptors (Lipinski definition) is 7. The second-order valence-corrected chi connectivity index (χ2v) is 6.37.